The Morgan fingerprint density at radius 2 is 2.26 bits per heavy atom. The Bertz CT molecular complexity index is 581. The quantitative estimate of drug-likeness (QED) is 0.846. The number of halogens is 1. The summed E-state index contributed by atoms with van der Waals surface area (Å²) in [5.41, 5.74) is 7.13. The van der Waals surface area contributed by atoms with E-state index in [1.54, 1.807) is 12.1 Å². The van der Waals surface area contributed by atoms with E-state index in [1.165, 1.54) is 17.8 Å². The number of hydrogen-bond acceptors (Lipinski definition) is 5. The van der Waals surface area contributed by atoms with Crippen LogP contribution in [0.25, 0.3) is 0 Å². The van der Waals surface area contributed by atoms with Crippen LogP contribution in [0.3, 0.4) is 0 Å². The highest BCUT2D eigenvalue weighted by Gasteiger charge is 2.27. The molecular formula is C12H14FN5S. The zero-order valence-electron chi connectivity index (χ0n) is 10.3. The van der Waals surface area contributed by atoms with Gasteiger partial charge in [-0.15, -0.1) is 5.10 Å². The fraction of sp³-hybridized carbons (Fsp3) is 0.417. The number of benzene rings is 1. The second-order valence-electron chi connectivity index (χ2n) is 4.56. The van der Waals surface area contributed by atoms with Crippen molar-refractivity contribution in [2.45, 2.75) is 36.3 Å². The molecule has 0 spiro atoms. The first-order chi connectivity index (χ1) is 9.28. The Hall–Kier alpha value is -1.47. The molecule has 1 fully saturated rings. The molecule has 0 amide bonds. The average molecular weight is 279 g/mol. The van der Waals surface area contributed by atoms with Gasteiger partial charge in [-0.3, -0.25) is 0 Å². The molecule has 0 saturated heterocycles. The van der Waals surface area contributed by atoms with Gasteiger partial charge in [0, 0.05) is 12.3 Å². The van der Waals surface area contributed by atoms with Crippen molar-refractivity contribution in [2.75, 3.05) is 0 Å². The van der Waals surface area contributed by atoms with Crippen molar-refractivity contribution >= 4 is 11.8 Å². The van der Waals surface area contributed by atoms with Crippen LogP contribution in [0.15, 0.2) is 23.4 Å². The zero-order valence-corrected chi connectivity index (χ0v) is 11.1. The largest absolute Gasteiger partial charge is 0.326 e. The molecule has 100 valence electrons. The smallest absolute Gasteiger partial charge is 0.209 e. The molecule has 3 rings (SSSR count). The second kappa shape index (κ2) is 5.26. The molecule has 1 aromatic heterocycles. The molecular weight excluding hydrogens is 265 g/mol. The topological polar surface area (TPSA) is 69.6 Å². The third-order valence-electron chi connectivity index (χ3n) is 3.06. The van der Waals surface area contributed by atoms with Crippen molar-refractivity contribution in [3.05, 3.63) is 35.1 Å². The SMILES string of the molecule is NCc1ccc(F)c(CSc2nnnn2C2CC2)c1. The summed E-state index contributed by atoms with van der Waals surface area (Å²) in [5, 5.41) is 12.4. The van der Waals surface area contributed by atoms with E-state index >= 15 is 0 Å². The molecule has 0 radical (unpaired) electrons. The number of rotatable bonds is 5. The van der Waals surface area contributed by atoms with Gasteiger partial charge in [0.1, 0.15) is 5.82 Å². The lowest BCUT2D eigenvalue weighted by Gasteiger charge is -2.05. The van der Waals surface area contributed by atoms with Crippen LogP contribution in [0.1, 0.15) is 30.0 Å². The van der Waals surface area contributed by atoms with E-state index in [4.69, 9.17) is 5.73 Å². The highest BCUT2D eigenvalue weighted by molar-refractivity contribution is 7.98. The van der Waals surface area contributed by atoms with Crippen LogP contribution < -0.4 is 5.73 Å². The van der Waals surface area contributed by atoms with E-state index in [1.807, 2.05) is 4.68 Å². The monoisotopic (exact) mass is 279 g/mol. The minimum absolute atomic E-state index is 0.213. The van der Waals surface area contributed by atoms with Gasteiger partial charge < -0.3 is 5.73 Å². The van der Waals surface area contributed by atoms with Crippen LogP contribution in [0, 0.1) is 5.82 Å². The Balaban J connectivity index is 1.73. The van der Waals surface area contributed by atoms with E-state index in [9.17, 15) is 4.39 Å². The molecule has 0 unspecified atom stereocenters. The van der Waals surface area contributed by atoms with Gasteiger partial charge in [0.05, 0.1) is 6.04 Å². The molecule has 0 atom stereocenters. The van der Waals surface area contributed by atoms with Crippen LogP contribution in [0.2, 0.25) is 0 Å². The maximum absolute atomic E-state index is 13.7. The van der Waals surface area contributed by atoms with E-state index in [-0.39, 0.29) is 5.82 Å². The molecule has 1 heterocycles. The van der Waals surface area contributed by atoms with Gasteiger partial charge in [0.2, 0.25) is 5.16 Å². The first-order valence-electron chi connectivity index (χ1n) is 6.16. The lowest BCUT2D eigenvalue weighted by Crippen LogP contribution is -2.00. The van der Waals surface area contributed by atoms with Crippen LogP contribution in [-0.2, 0) is 12.3 Å². The number of nitrogens with two attached hydrogens (primary N) is 1. The Kier molecular flexibility index (Phi) is 3.48. The number of thioether (sulfide) groups is 1. The van der Waals surface area contributed by atoms with Crippen LogP contribution in [0.4, 0.5) is 4.39 Å². The van der Waals surface area contributed by atoms with Gasteiger partial charge in [-0.05, 0) is 40.5 Å². The number of hydrogen-bond donors (Lipinski definition) is 1. The summed E-state index contributed by atoms with van der Waals surface area (Å²) in [6.45, 7) is 0.414. The maximum Gasteiger partial charge on any atom is 0.209 e. The van der Waals surface area contributed by atoms with Gasteiger partial charge in [0.15, 0.2) is 0 Å². The summed E-state index contributed by atoms with van der Waals surface area (Å²) < 4.78 is 15.5. The fourth-order valence-electron chi connectivity index (χ4n) is 1.84. The van der Waals surface area contributed by atoms with Crippen molar-refractivity contribution in [2.24, 2.45) is 5.73 Å². The molecule has 2 aromatic rings. The van der Waals surface area contributed by atoms with Crippen molar-refractivity contribution < 1.29 is 4.39 Å². The minimum atomic E-state index is -0.213. The molecule has 7 heteroatoms. The number of aromatic nitrogens is 4. The standard InChI is InChI=1S/C12H14FN5S/c13-11-4-1-8(6-14)5-9(11)7-19-12-15-16-17-18(12)10-2-3-10/h1,4-5,10H,2-3,6-7,14H2. The number of tetrazole rings is 1. The van der Waals surface area contributed by atoms with E-state index < -0.39 is 0 Å². The average Bonchev–Trinajstić information content (AvgIpc) is 3.17. The first kappa shape index (κ1) is 12.6. The van der Waals surface area contributed by atoms with Crippen molar-refractivity contribution in [3.8, 4) is 0 Å². The highest BCUT2D eigenvalue weighted by Crippen LogP contribution is 2.37. The van der Waals surface area contributed by atoms with E-state index in [0.717, 1.165) is 23.6 Å². The third kappa shape index (κ3) is 2.76. The molecule has 5 nitrogen and oxygen atoms in total. The molecule has 0 aliphatic heterocycles. The summed E-state index contributed by atoms with van der Waals surface area (Å²) >= 11 is 1.45. The summed E-state index contributed by atoms with van der Waals surface area (Å²) in [6, 6.07) is 5.39. The summed E-state index contributed by atoms with van der Waals surface area (Å²) in [4.78, 5) is 0. The normalized spacial score (nSPS) is 14.8. The molecule has 1 aliphatic rings. The highest BCUT2D eigenvalue weighted by atomic mass is 32.2. The van der Waals surface area contributed by atoms with E-state index in [0.29, 0.717) is 23.9 Å². The lowest BCUT2D eigenvalue weighted by molar-refractivity contribution is 0.565. The molecule has 0 bridgehead atoms. The van der Waals surface area contributed by atoms with E-state index in [2.05, 4.69) is 15.5 Å². The predicted octanol–water partition coefficient (Wildman–Crippen LogP) is 1.90. The second-order valence-corrected chi connectivity index (χ2v) is 5.50. The van der Waals surface area contributed by atoms with Crippen molar-refractivity contribution in [1.82, 2.24) is 20.2 Å². The molecule has 1 aliphatic carbocycles. The molecule has 19 heavy (non-hydrogen) atoms. The first-order valence-corrected chi connectivity index (χ1v) is 7.14. The van der Waals surface area contributed by atoms with Gasteiger partial charge in [-0.2, -0.15) is 0 Å². The Morgan fingerprint density at radius 1 is 1.42 bits per heavy atom. The fourth-order valence-corrected chi connectivity index (χ4v) is 2.75. The van der Waals surface area contributed by atoms with Gasteiger partial charge >= 0.3 is 0 Å². The molecule has 1 saturated carbocycles. The summed E-state index contributed by atoms with van der Waals surface area (Å²) in [7, 11) is 0. The van der Waals surface area contributed by atoms with Crippen LogP contribution >= 0.6 is 11.8 Å². The predicted molar refractivity (Wildman–Crippen MR) is 69.9 cm³/mol. The van der Waals surface area contributed by atoms with Gasteiger partial charge in [-0.25, -0.2) is 9.07 Å². The van der Waals surface area contributed by atoms with Gasteiger partial charge in [-0.1, -0.05) is 23.9 Å². The van der Waals surface area contributed by atoms with Crippen molar-refractivity contribution in [3.63, 3.8) is 0 Å². The molecule has 2 N–H and O–H groups in total. The zero-order chi connectivity index (χ0) is 13.2. The number of nitrogens with zero attached hydrogens (tertiary/aromatic N) is 4. The molecule has 1 aromatic carbocycles. The van der Waals surface area contributed by atoms with Crippen LogP contribution in [0.5, 0.6) is 0 Å². The minimum Gasteiger partial charge on any atom is -0.326 e. The Labute approximate surface area is 114 Å². The summed E-state index contributed by atoms with van der Waals surface area (Å²) in [6.07, 6.45) is 2.24. The van der Waals surface area contributed by atoms with Crippen LogP contribution in [-0.4, -0.2) is 20.2 Å². The Morgan fingerprint density at radius 3 is 3.00 bits per heavy atom. The van der Waals surface area contributed by atoms with Gasteiger partial charge in [0.25, 0.3) is 0 Å². The maximum atomic E-state index is 13.7. The third-order valence-corrected chi connectivity index (χ3v) is 4.04. The summed E-state index contributed by atoms with van der Waals surface area (Å²) in [5.74, 6) is 0.294. The van der Waals surface area contributed by atoms with Crippen molar-refractivity contribution in [1.29, 1.82) is 0 Å². The lowest BCUT2D eigenvalue weighted by atomic mass is 10.1.